The normalized spacial score (nSPS) is 12.1. The fourth-order valence-corrected chi connectivity index (χ4v) is 2.22. The van der Waals surface area contributed by atoms with Gasteiger partial charge < -0.3 is 5.41 Å². The lowest BCUT2D eigenvalue weighted by Gasteiger charge is -2.09. The minimum atomic E-state index is -4.17. The molecular weight excluding hydrogens is 580 g/mol. The number of carbonyl (C=O) groups is 2. The Morgan fingerprint density at radius 2 is 1.30 bits per heavy atom. The minimum absolute atomic E-state index is 0.0956. The number of benzene rings is 2. The van der Waals surface area contributed by atoms with Crippen molar-refractivity contribution in [2.24, 2.45) is 4.99 Å². The van der Waals surface area contributed by atoms with E-state index in [2.05, 4.69) is 53.0 Å². The summed E-state index contributed by atoms with van der Waals surface area (Å²) in [6.07, 6.45) is 20.2. The summed E-state index contributed by atoms with van der Waals surface area (Å²) in [5, 5.41) is 55.2. The molecule has 0 aliphatic carbocycles. The lowest BCUT2D eigenvalue weighted by Crippen LogP contribution is -2.17. The molecule has 0 aliphatic rings. The van der Waals surface area contributed by atoms with Crippen molar-refractivity contribution >= 4 is 46.5 Å². The van der Waals surface area contributed by atoms with E-state index in [-0.39, 0.29) is 11.1 Å². The Bertz CT molecular complexity index is 1580. The first-order valence-electron chi connectivity index (χ1n) is 11.2. The highest BCUT2D eigenvalue weighted by molar-refractivity contribution is 7.86. The summed E-state index contributed by atoms with van der Waals surface area (Å²) >= 11 is 0. The van der Waals surface area contributed by atoms with Crippen LogP contribution >= 0.6 is 0 Å². The molecule has 0 fully saturated rings. The van der Waals surface area contributed by atoms with Gasteiger partial charge >= 0.3 is 0 Å². The number of hydrogen-bond acceptors (Lipinski definition) is 6. The van der Waals surface area contributed by atoms with Crippen molar-refractivity contribution in [1.29, 1.82) is 5.41 Å². The molecule has 0 bridgehead atoms. The maximum Gasteiger partial charge on any atom is 0.295 e. The third-order valence-electron chi connectivity index (χ3n) is 3.90. The molecule has 0 saturated heterocycles. The molecule has 0 atom stereocenters. The molecule has 2 aromatic rings. The topological polar surface area (TPSA) is 221 Å². The van der Waals surface area contributed by atoms with Crippen molar-refractivity contribution in [2.75, 3.05) is 0 Å². The van der Waals surface area contributed by atoms with Gasteiger partial charge in [-0.15, -0.1) is 0 Å². The average Bonchev–Trinajstić information content (AvgIpc) is 2.93. The predicted molar refractivity (Wildman–Crippen MR) is 147 cm³/mol. The maximum atomic E-state index is 12.4. The van der Waals surface area contributed by atoms with E-state index in [0.29, 0.717) is 0 Å². The van der Waals surface area contributed by atoms with Crippen molar-refractivity contribution in [3.8, 4) is 23.0 Å². The van der Waals surface area contributed by atoms with Crippen LogP contribution in [0.2, 0.25) is 0 Å². The highest BCUT2D eigenvalue weighted by atomic mass is 32.2. The van der Waals surface area contributed by atoms with Crippen LogP contribution in [0.4, 0.5) is 0 Å². The van der Waals surface area contributed by atoms with Gasteiger partial charge in [0.15, 0.2) is 0 Å². The lowest BCUT2D eigenvalue weighted by atomic mass is 10.2. The fraction of sp³-hybridized carbons (Fsp3) is 0. The molecule has 13 nitrogen and oxygen atoms in total. The number of amides is 2. The molecule has 14 heteroatoms. The van der Waals surface area contributed by atoms with Crippen molar-refractivity contribution in [2.45, 2.75) is 0 Å². The zero-order chi connectivity index (χ0) is 32.3. The van der Waals surface area contributed by atoms with Crippen LogP contribution in [0, 0.1) is 48.1 Å². The quantitative estimate of drug-likeness (QED) is 0.230. The Morgan fingerprint density at radius 1 is 0.767 bits per heavy atom. The minimum Gasteiger partial charge on any atom is -0.309 e. The lowest BCUT2D eigenvalue weighted by molar-refractivity contribution is -0.121. The number of hydrogen-bond donors (Lipinski definition) is 1. The largest absolute Gasteiger partial charge is 0.309 e. The van der Waals surface area contributed by atoms with E-state index in [0.717, 1.165) is 23.3 Å². The molecular formula is C29H17N4O9S. The molecule has 0 unspecified atom stereocenters. The van der Waals surface area contributed by atoms with E-state index >= 15 is 0 Å². The molecule has 2 aromatic carbocycles. The van der Waals surface area contributed by atoms with Crippen LogP contribution in [-0.2, 0) is 44.7 Å². The number of nitrogens with zero attached hydrogens (tertiary/aromatic N) is 3. The molecule has 213 valence electrons. The van der Waals surface area contributed by atoms with Crippen LogP contribution in [-0.4, -0.2) is 37.6 Å². The van der Waals surface area contributed by atoms with Crippen molar-refractivity contribution in [3.05, 3.63) is 115 Å². The van der Waals surface area contributed by atoms with Crippen LogP contribution in [0.5, 0.6) is 23.0 Å². The van der Waals surface area contributed by atoms with Crippen LogP contribution in [0.1, 0.15) is 11.1 Å². The Labute approximate surface area is 248 Å². The second kappa shape index (κ2) is 18.6. The van der Waals surface area contributed by atoms with E-state index in [4.69, 9.17) is 18.4 Å². The summed E-state index contributed by atoms with van der Waals surface area (Å²) in [6, 6.07) is 13.5. The van der Waals surface area contributed by atoms with Crippen molar-refractivity contribution in [1.82, 2.24) is 10.2 Å². The summed E-state index contributed by atoms with van der Waals surface area (Å²) in [4.78, 5) is 29.1. The molecule has 0 spiro atoms. The van der Waals surface area contributed by atoms with Crippen molar-refractivity contribution < 1.29 is 43.0 Å². The average molecular weight is 598 g/mol. The third-order valence-corrected chi connectivity index (χ3v) is 3.90. The van der Waals surface area contributed by atoms with Gasteiger partial charge in [-0.2, -0.15) is 8.42 Å². The molecule has 43 heavy (non-hydrogen) atoms. The number of rotatable bonds is 11. The monoisotopic (exact) mass is 597 g/mol. The van der Waals surface area contributed by atoms with E-state index in [9.17, 15) is 30.0 Å². The van der Waals surface area contributed by atoms with Gasteiger partial charge in [-0.25, -0.2) is 5.32 Å². The molecule has 0 aromatic heterocycles. The number of nitrogens with one attached hydrogen (secondary N) is 1. The first-order valence-corrected chi connectivity index (χ1v) is 12.8. The van der Waals surface area contributed by atoms with Gasteiger partial charge in [0.25, 0.3) is 21.9 Å². The summed E-state index contributed by atoms with van der Waals surface area (Å²) < 4.78 is 26.9. The Balaban J connectivity index is 0.00000170. The van der Waals surface area contributed by atoms with Crippen LogP contribution in [0.15, 0.2) is 66.2 Å². The smallest absolute Gasteiger partial charge is 0.295 e. The maximum absolute atomic E-state index is 12.4. The van der Waals surface area contributed by atoms with Gasteiger partial charge in [-0.1, -0.05) is 4.55 Å². The van der Waals surface area contributed by atoms with Gasteiger partial charge in [-0.3, -0.25) is 39.9 Å². The predicted octanol–water partition coefficient (Wildman–Crippen LogP) is 4.06. The number of allylic oxidation sites excluding steroid dienone is 4. The van der Waals surface area contributed by atoms with Crippen LogP contribution in [0.3, 0.4) is 0 Å². The standard InChI is InChI=1S/C28H15N4O6.CH2O3S/c29-13-3-18-32(28(38)12-8-22-6-10-24(34)26(36)20-22)17-2-1-14-30-15-4-16-31-27(37)11-7-21-5-9-23(33)25(35)19-21;1-5(2,3)4/h1-4,7-8,11-18,29H;1H2/b11-7+,12-8+,14-1+,16-4+,17-2+,18-3+,29-13?,30-15+;. The molecule has 2 amide bonds. The van der Waals surface area contributed by atoms with E-state index < -0.39 is 44.9 Å². The molecule has 2 rings (SSSR count). The molecule has 1 N–H and O–H groups in total. The SMILES string of the molecule is N=C/C=C/N(/C=C/C=C/N=C/C=C/[N]C(=O)/C=C/c1[c][c]c([O])c([O])[c]1)C(=O)/C=C/c1[c][c]c([O])c([O])[c]1.[CH2]S([O])(=O)=O. The Kier molecular flexibility index (Phi) is 15.3. The van der Waals surface area contributed by atoms with Crippen molar-refractivity contribution in [3.63, 3.8) is 0 Å². The third kappa shape index (κ3) is 16.9. The number of aliphatic imine (C=N–C) groups is 1. The fourth-order valence-electron chi connectivity index (χ4n) is 2.22. The number of carbonyl (C=O) groups excluding carboxylic acids is 2. The van der Waals surface area contributed by atoms with Gasteiger partial charge in [0.1, 0.15) is 0 Å². The summed E-state index contributed by atoms with van der Waals surface area (Å²) in [7, 11) is -4.17. The first kappa shape index (κ1) is 35.3. The molecule has 0 aliphatic heterocycles. The second-order valence-electron chi connectivity index (χ2n) is 7.16. The summed E-state index contributed by atoms with van der Waals surface area (Å²) in [5.41, 5.74) is 0.202. The van der Waals surface area contributed by atoms with E-state index in [1.54, 1.807) is 0 Å². The molecule has 0 saturated carbocycles. The van der Waals surface area contributed by atoms with Gasteiger partial charge in [-0.05, 0) is 47.6 Å². The highest BCUT2D eigenvalue weighted by Gasteiger charge is 2.07. The summed E-state index contributed by atoms with van der Waals surface area (Å²) in [6.45, 7) is 0. The second-order valence-corrected chi connectivity index (χ2v) is 8.28. The zero-order valence-electron chi connectivity index (χ0n) is 21.7. The zero-order valence-corrected chi connectivity index (χ0v) is 22.5. The van der Waals surface area contributed by atoms with E-state index in [1.807, 2.05) is 0 Å². The van der Waals surface area contributed by atoms with Gasteiger partial charge in [0.2, 0.25) is 23.0 Å². The molecule has 13 radical (unpaired) electrons. The Hall–Kier alpha value is -5.73. The summed E-state index contributed by atoms with van der Waals surface area (Å²) in [5.74, 6) is -4.63. The van der Waals surface area contributed by atoms with E-state index in [1.165, 1.54) is 67.5 Å². The van der Waals surface area contributed by atoms with Crippen LogP contribution < -0.4 is 5.32 Å². The first-order chi connectivity index (χ1) is 20.3. The van der Waals surface area contributed by atoms with Gasteiger partial charge in [0, 0.05) is 85.8 Å². The van der Waals surface area contributed by atoms with Crippen LogP contribution in [0.25, 0.3) is 12.2 Å². The Morgan fingerprint density at radius 3 is 1.84 bits per heavy atom. The van der Waals surface area contributed by atoms with Gasteiger partial charge in [0.05, 0.1) is 6.26 Å². The highest BCUT2D eigenvalue weighted by Crippen LogP contribution is 2.26. The molecule has 0 heterocycles.